The Kier molecular flexibility index (Phi) is 10.5. The minimum atomic E-state index is -4.69. The predicted octanol–water partition coefficient (Wildman–Crippen LogP) is -0.808. The van der Waals surface area contributed by atoms with Gasteiger partial charge in [-0.05, 0) is 10.1 Å². The molecular weight excluding hydrogens is 359 g/mol. The van der Waals surface area contributed by atoms with E-state index >= 15 is 0 Å². The monoisotopic (exact) mass is 362 g/mol. The van der Waals surface area contributed by atoms with Crippen LogP contribution < -0.4 is 0 Å². The van der Waals surface area contributed by atoms with E-state index in [1.807, 2.05) is 0 Å². The minimum absolute atomic E-state index is 2.25. The van der Waals surface area contributed by atoms with Crippen molar-refractivity contribution < 1.29 is 59.6 Å². The van der Waals surface area contributed by atoms with Crippen LogP contribution in [0.2, 0.25) is 0 Å². The van der Waals surface area contributed by atoms with Crippen molar-refractivity contribution in [1.82, 2.24) is 0 Å². The first kappa shape index (κ1) is 13.8. The molecule has 0 heterocycles. The third-order valence-corrected chi connectivity index (χ3v) is 0.413. The summed E-state index contributed by atoms with van der Waals surface area (Å²) >= 11 is -2.25. The van der Waals surface area contributed by atoms with Crippen LogP contribution in [0.5, 0.6) is 0 Å². The zero-order valence-electron chi connectivity index (χ0n) is 4.65. The van der Waals surface area contributed by atoms with Crippen molar-refractivity contribution in [2.45, 2.75) is 0 Å². The van der Waals surface area contributed by atoms with Crippen molar-refractivity contribution in [2.75, 3.05) is 0 Å². The molecule has 0 bridgehead atoms. The standard InChI is InChI=1S/H3O7P.2O.W/c1-5-6-7-8(2,3)4;;;/h1H,(H2,2,3,4);;;. The molecule has 0 aromatic rings. The summed E-state index contributed by atoms with van der Waals surface area (Å²) in [7, 11) is -4.69. The van der Waals surface area contributed by atoms with Crippen molar-refractivity contribution in [1.29, 1.82) is 0 Å². The van der Waals surface area contributed by atoms with Crippen molar-refractivity contribution in [3.05, 3.63) is 0 Å². The van der Waals surface area contributed by atoms with Gasteiger partial charge in [-0.15, -0.1) is 0 Å². The van der Waals surface area contributed by atoms with Crippen LogP contribution in [0.1, 0.15) is 0 Å². The van der Waals surface area contributed by atoms with Gasteiger partial charge in [-0.3, -0.25) is 0 Å². The molecule has 0 aliphatic heterocycles. The molecule has 0 saturated heterocycles. The van der Waals surface area contributed by atoms with Gasteiger partial charge in [0.15, 0.2) is 0 Å². The van der Waals surface area contributed by atoms with Crippen molar-refractivity contribution >= 4 is 7.82 Å². The number of hydrogen-bond acceptors (Lipinski definition) is 7. The summed E-state index contributed by atoms with van der Waals surface area (Å²) in [5.41, 5.74) is 0. The maximum atomic E-state index is 9.55. The van der Waals surface area contributed by atoms with Crippen LogP contribution in [-0.4, -0.2) is 15.0 Å². The van der Waals surface area contributed by atoms with Gasteiger partial charge in [-0.25, -0.2) is 9.82 Å². The molecule has 0 aromatic heterocycles. The molecule has 0 unspecified atom stereocenters. The van der Waals surface area contributed by atoms with E-state index in [2.05, 4.69) is 14.8 Å². The Bertz CT molecular complexity index is 149. The van der Waals surface area contributed by atoms with E-state index < -0.39 is 26.3 Å². The van der Waals surface area contributed by atoms with Gasteiger partial charge in [-0.1, -0.05) is 4.67 Å². The van der Waals surface area contributed by atoms with Gasteiger partial charge < -0.3 is 9.79 Å². The summed E-state index contributed by atoms with van der Waals surface area (Å²) in [6.07, 6.45) is 0. The Morgan fingerprint density at radius 3 is 1.73 bits per heavy atom. The van der Waals surface area contributed by atoms with Gasteiger partial charge in [0.2, 0.25) is 0 Å². The summed E-state index contributed by atoms with van der Waals surface area (Å²) in [6, 6.07) is 0. The molecule has 0 atom stereocenters. The maximum absolute atomic E-state index is 9.55. The second-order valence-electron chi connectivity index (χ2n) is 0.776. The molecule has 0 spiro atoms. The molecule has 0 saturated carbocycles. The van der Waals surface area contributed by atoms with E-state index in [9.17, 15) is 4.57 Å². The van der Waals surface area contributed by atoms with Gasteiger partial charge in [0.05, 0.1) is 0 Å². The zero-order valence-corrected chi connectivity index (χ0v) is 8.47. The first-order chi connectivity index (χ1) is 4.97. The molecule has 9 nitrogen and oxygen atoms in total. The Morgan fingerprint density at radius 1 is 1.27 bits per heavy atom. The van der Waals surface area contributed by atoms with Crippen LogP contribution >= 0.6 is 7.82 Å². The van der Waals surface area contributed by atoms with Gasteiger partial charge >= 0.3 is 33.1 Å². The molecule has 0 rings (SSSR count). The quantitative estimate of drug-likeness (QED) is 0.334. The van der Waals surface area contributed by atoms with Gasteiger partial charge in [0, 0.05) is 0 Å². The fraction of sp³-hybridized carbons (Fsp3) is 0. The molecule has 11 heteroatoms. The molecule has 11 heavy (non-hydrogen) atoms. The molecule has 0 amide bonds. The van der Waals surface area contributed by atoms with Crippen LogP contribution in [-0.2, 0) is 44.6 Å². The van der Waals surface area contributed by atoms with E-state index in [1.54, 1.807) is 0 Å². The molecule has 0 aliphatic rings. The van der Waals surface area contributed by atoms with Crippen molar-refractivity contribution in [2.24, 2.45) is 0 Å². The van der Waals surface area contributed by atoms with Crippen LogP contribution in [0.4, 0.5) is 0 Å². The topological polar surface area (TPSA) is 140 Å². The summed E-state index contributed by atoms with van der Waals surface area (Å²) in [4.78, 5) is 15.4. The normalized spacial score (nSPS) is 9.73. The number of phosphoric acid groups is 1. The first-order valence-corrected chi connectivity index (χ1v) is 5.54. The number of hydrogen-bond donors (Lipinski definition) is 3. The molecular formula is H3O9PW. The third kappa shape index (κ3) is 25.3. The Labute approximate surface area is 68.1 Å². The Hall–Kier alpha value is 0.278. The van der Waals surface area contributed by atoms with E-state index in [0.29, 0.717) is 0 Å². The van der Waals surface area contributed by atoms with Crippen LogP contribution in [0.15, 0.2) is 0 Å². The summed E-state index contributed by atoms with van der Waals surface area (Å²) < 4.78 is 29.7. The first-order valence-electron chi connectivity index (χ1n) is 1.61. The SMILES string of the molecule is O=P(O)(O)OOOO.[O]=[W]=[O]. The molecule has 3 N–H and O–H groups in total. The Balaban J connectivity index is 0. The second-order valence-corrected chi connectivity index (χ2v) is 2.39. The zero-order chi connectivity index (χ0) is 9.33. The average molecular weight is 362 g/mol. The van der Waals surface area contributed by atoms with Crippen LogP contribution in [0.3, 0.4) is 0 Å². The summed E-state index contributed by atoms with van der Waals surface area (Å²) in [5.74, 6) is 0. The van der Waals surface area contributed by atoms with E-state index in [-0.39, 0.29) is 0 Å². The molecule has 0 fully saturated rings. The van der Waals surface area contributed by atoms with E-state index in [4.69, 9.17) is 21.8 Å². The Morgan fingerprint density at radius 2 is 1.64 bits per heavy atom. The predicted molar refractivity (Wildman–Crippen MR) is 19.3 cm³/mol. The van der Waals surface area contributed by atoms with Crippen LogP contribution in [0.25, 0.3) is 0 Å². The van der Waals surface area contributed by atoms with E-state index in [0.717, 1.165) is 0 Å². The van der Waals surface area contributed by atoms with Crippen molar-refractivity contribution in [3.8, 4) is 0 Å². The van der Waals surface area contributed by atoms with Crippen molar-refractivity contribution in [3.63, 3.8) is 0 Å². The number of rotatable bonds is 3. The molecule has 68 valence electrons. The van der Waals surface area contributed by atoms with Gasteiger partial charge in [0.1, 0.15) is 0 Å². The molecule has 0 aromatic carbocycles. The van der Waals surface area contributed by atoms with Gasteiger partial charge in [-0.2, -0.15) is 0 Å². The molecule has 0 radical (unpaired) electrons. The van der Waals surface area contributed by atoms with Gasteiger partial charge in [0.25, 0.3) is 0 Å². The summed E-state index contributed by atoms with van der Waals surface area (Å²) in [5, 5.41) is 12.9. The fourth-order valence-corrected chi connectivity index (χ4v) is 0.160. The van der Waals surface area contributed by atoms with Crippen LogP contribution in [0, 0.1) is 0 Å². The average Bonchev–Trinajstić information content (AvgIpc) is 1.84. The fourth-order valence-electron chi connectivity index (χ4n) is 0.0532. The molecule has 0 aliphatic carbocycles. The second kappa shape index (κ2) is 8.38. The third-order valence-electron chi connectivity index (χ3n) is 0.158. The summed E-state index contributed by atoms with van der Waals surface area (Å²) in [6.45, 7) is 0. The van der Waals surface area contributed by atoms with E-state index in [1.165, 1.54) is 0 Å².